The number of pyridine rings is 1. The van der Waals surface area contributed by atoms with E-state index < -0.39 is 38.7 Å². The van der Waals surface area contributed by atoms with Gasteiger partial charge >= 0.3 is 12.1 Å². The van der Waals surface area contributed by atoms with E-state index in [2.05, 4.69) is 4.98 Å². The molecule has 7 nitrogen and oxygen atoms in total. The van der Waals surface area contributed by atoms with Crippen molar-refractivity contribution in [3.05, 3.63) is 82.6 Å². The van der Waals surface area contributed by atoms with Crippen molar-refractivity contribution in [2.75, 3.05) is 10.8 Å². The minimum absolute atomic E-state index is 0.00451. The third-order valence-electron chi connectivity index (χ3n) is 5.59. The average molecular weight is 553 g/mol. The van der Waals surface area contributed by atoms with E-state index in [1.807, 2.05) is 0 Å². The van der Waals surface area contributed by atoms with Gasteiger partial charge < -0.3 is 9.84 Å². The summed E-state index contributed by atoms with van der Waals surface area (Å²) in [5.74, 6) is -0.926. The molecule has 2 heterocycles. The number of nitrogens with zero attached hydrogens (tertiary/aromatic N) is 2. The van der Waals surface area contributed by atoms with Gasteiger partial charge in [0.15, 0.2) is 0 Å². The van der Waals surface area contributed by atoms with Crippen LogP contribution in [0.5, 0.6) is 5.75 Å². The van der Waals surface area contributed by atoms with E-state index in [9.17, 15) is 26.4 Å². The number of ether oxygens (including phenoxy) is 1. The minimum atomic E-state index is -4.73. The van der Waals surface area contributed by atoms with Crippen LogP contribution in [0, 0.1) is 0 Å². The number of aliphatic carboxylic acids is 1. The SMILES string of the molecule is O=C(O)CC[C@H]1CN(S(=O)(=O)c2cccc(C(F)(F)F)c2)c2cc(/C=C/c3cccnc3Cl)ccc2O1. The van der Waals surface area contributed by atoms with Crippen LogP contribution in [-0.4, -0.2) is 37.1 Å². The molecule has 0 bridgehead atoms. The number of halogens is 4. The van der Waals surface area contributed by atoms with Gasteiger partial charge in [-0.2, -0.15) is 13.2 Å². The maximum atomic E-state index is 13.6. The lowest BCUT2D eigenvalue weighted by Crippen LogP contribution is -2.43. The number of anilines is 1. The lowest BCUT2D eigenvalue weighted by molar-refractivity contribution is -0.138. The van der Waals surface area contributed by atoms with Gasteiger partial charge in [0.1, 0.15) is 17.0 Å². The largest absolute Gasteiger partial charge is 0.486 e. The molecule has 1 N–H and O–H groups in total. The molecule has 0 spiro atoms. The number of alkyl halides is 3. The van der Waals surface area contributed by atoms with Crippen molar-refractivity contribution in [3.63, 3.8) is 0 Å². The van der Waals surface area contributed by atoms with Crippen LogP contribution in [0.25, 0.3) is 12.2 Å². The molecular weight excluding hydrogens is 533 g/mol. The average Bonchev–Trinajstić information content (AvgIpc) is 2.86. The predicted octanol–water partition coefficient (Wildman–Crippen LogP) is 5.75. The molecule has 1 aliphatic rings. The maximum absolute atomic E-state index is 13.6. The Morgan fingerprint density at radius 3 is 2.65 bits per heavy atom. The van der Waals surface area contributed by atoms with Gasteiger partial charge in [-0.05, 0) is 48.4 Å². The summed E-state index contributed by atoms with van der Waals surface area (Å²) >= 11 is 6.08. The van der Waals surface area contributed by atoms with Gasteiger partial charge in [-0.25, -0.2) is 13.4 Å². The topological polar surface area (TPSA) is 96.8 Å². The molecule has 2 aromatic carbocycles. The lowest BCUT2D eigenvalue weighted by Gasteiger charge is -2.35. The van der Waals surface area contributed by atoms with E-state index in [0.29, 0.717) is 17.2 Å². The van der Waals surface area contributed by atoms with Gasteiger partial charge in [-0.3, -0.25) is 9.10 Å². The molecule has 0 saturated heterocycles. The van der Waals surface area contributed by atoms with Crippen molar-refractivity contribution in [2.45, 2.75) is 30.0 Å². The number of fused-ring (bicyclic) bond motifs is 1. The van der Waals surface area contributed by atoms with Gasteiger partial charge in [0, 0.05) is 18.2 Å². The van der Waals surface area contributed by atoms with Crippen molar-refractivity contribution < 1.29 is 36.2 Å². The molecule has 0 fully saturated rings. The second-order valence-electron chi connectivity index (χ2n) is 8.18. The monoisotopic (exact) mass is 552 g/mol. The number of carbonyl (C=O) groups is 1. The Balaban J connectivity index is 1.75. The van der Waals surface area contributed by atoms with Gasteiger partial charge in [-0.15, -0.1) is 0 Å². The molecular formula is C25H20ClF3N2O5S. The zero-order valence-electron chi connectivity index (χ0n) is 19.0. The van der Waals surface area contributed by atoms with E-state index in [4.69, 9.17) is 21.4 Å². The minimum Gasteiger partial charge on any atom is -0.486 e. The quantitative estimate of drug-likeness (QED) is 0.375. The Morgan fingerprint density at radius 1 is 1.16 bits per heavy atom. The number of hydrogen-bond donors (Lipinski definition) is 1. The first kappa shape index (κ1) is 26.5. The zero-order chi connectivity index (χ0) is 26.8. The van der Waals surface area contributed by atoms with Crippen LogP contribution < -0.4 is 9.04 Å². The number of benzene rings is 2. The molecule has 0 amide bonds. The van der Waals surface area contributed by atoms with Crippen molar-refractivity contribution in [2.24, 2.45) is 0 Å². The summed E-state index contributed by atoms with van der Waals surface area (Å²) in [4.78, 5) is 14.5. The third kappa shape index (κ3) is 6.05. The Kier molecular flexibility index (Phi) is 7.47. The molecule has 1 atom stereocenters. The van der Waals surface area contributed by atoms with Crippen LogP contribution in [0.1, 0.15) is 29.5 Å². The van der Waals surface area contributed by atoms with Gasteiger partial charge in [0.25, 0.3) is 10.0 Å². The highest BCUT2D eigenvalue weighted by Gasteiger charge is 2.37. The van der Waals surface area contributed by atoms with Crippen LogP contribution in [0.15, 0.2) is 65.7 Å². The van der Waals surface area contributed by atoms with Crippen molar-refractivity contribution >= 4 is 45.4 Å². The first-order valence-corrected chi connectivity index (χ1v) is 12.8. The summed E-state index contributed by atoms with van der Waals surface area (Å²) in [6.07, 6.45) is -0.928. The molecule has 194 valence electrons. The van der Waals surface area contributed by atoms with Crippen LogP contribution >= 0.6 is 11.6 Å². The highest BCUT2D eigenvalue weighted by Crippen LogP contribution is 2.40. The molecule has 0 saturated carbocycles. The molecule has 0 aliphatic carbocycles. The predicted molar refractivity (Wildman–Crippen MR) is 132 cm³/mol. The third-order valence-corrected chi connectivity index (χ3v) is 7.68. The number of rotatable bonds is 7. The summed E-state index contributed by atoms with van der Waals surface area (Å²) < 4.78 is 73.8. The fraction of sp³-hybridized carbons (Fsp3) is 0.200. The van der Waals surface area contributed by atoms with Gasteiger partial charge in [-0.1, -0.05) is 42.0 Å². The summed E-state index contributed by atoms with van der Waals surface area (Å²) in [6, 6.07) is 11.6. The van der Waals surface area contributed by atoms with Gasteiger partial charge in [0.2, 0.25) is 0 Å². The van der Waals surface area contributed by atoms with E-state index >= 15 is 0 Å². The maximum Gasteiger partial charge on any atom is 0.416 e. The zero-order valence-corrected chi connectivity index (χ0v) is 20.6. The number of carboxylic acid groups (broad SMARTS) is 1. The first-order chi connectivity index (χ1) is 17.4. The Hall–Kier alpha value is -3.57. The van der Waals surface area contributed by atoms with Crippen LogP contribution in [0.4, 0.5) is 18.9 Å². The number of carboxylic acids is 1. The normalized spacial score (nSPS) is 15.9. The smallest absolute Gasteiger partial charge is 0.416 e. The fourth-order valence-corrected chi connectivity index (χ4v) is 5.49. The van der Waals surface area contributed by atoms with Crippen LogP contribution in [-0.2, 0) is 21.0 Å². The number of sulfonamides is 1. The van der Waals surface area contributed by atoms with Crippen molar-refractivity contribution in [3.8, 4) is 5.75 Å². The second-order valence-corrected chi connectivity index (χ2v) is 10.4. The molecule has 12 heteroatoms. The van der Waals surface area contributed by atoms with Crippen molar-refractivity contribution in [1.29, 1.82) is 0 Å². The highest BCUT2D eigenvalue weighted by atomic mass is 35.5. The van der Waals surface area contributed by atoms with Crippen molar-refractivity contribution in [1.82, 2.24) is 4.98 Å². The fourth-order valence-electron chi connectivity index (χ4n) is 3.76. The van der Waals surface area contributed by atoms with E-state index in [1.165, 1.54) is 18.3 Å². The molecule has 1 aliphatic heterocycles. The number of aromatic nitrogens is 1. The second kappa shape index (κ2) is 10.4. The lowest BCUT2D eigenvalue weighted by atomic mass is 10.1. The Bertz CT molecular complexity index is 1460. The molecule has 3 aromatic rings. The van der Waals surface area contributed by atoms with E-state index in [-0.39, 0.29) is 36.0 Å². The van der Waals surface area contributed by atoms with Gasteiger partial charge in [0.05, 0.1) is 22.7 Å². The molecule has 4 rings (SSSR count). The van der Waals surface area contributed by atoms with Crippen LogP contribution in [0.2, 0.25) is 5.15 Å². The molecule has 0 unspecified atom stereocenters. The Labute approximate surface area is 215 Å². The molecule has 1 aromatic heterocycles. The summed E-state index contributed by atoms with van der Waals surface area (Å²) in [5.41, 5.74) is 0.203. The van der Waals surface area contributed by atoms with Crippen LogP contribution in [0.3, 0.4) is 0 Å². The highest BCUT2D eigenvalue weighted by molar-refractivity contribution is 7.92. The molecule has 37 heavy (non-hydrogen) atoms. The van der Waals surface area contributed by atoms with E-state index in [1.54, 1.807) is 30.4 Å². The Morgan fingerprint density at radius 2 is 1.95 bits per heavy atom. The first-order valence-electron chi connectivity index (χ1n) is 11.0. The van der Waals surface area contributed by atoms with E-state index in [0.717, 1.165) is 22.5 Å². The summed E-state index contributed by atoms with van der Waals surface area (Å²) in [7, 11) is -4.47. The molecule has 0 radical (unpaired) electrons. The standard InChI is InChI=1S/C25H20ClF3N2O5S/c26-24-17(3-2-12-30-24)8-6-16-7-10-22-21(13-16)31(15-19(36-22)9-11-23(32)33)37(34,35)20-5-1-4-18(14-20)25(27,28)29/h1-8,10,12-14,19H,9,11,15H2,(H,32,33)/b8-6+/t19-/m0/s1. The summed E-state index contributed by atoms with van der Waals surface area (Å²) in [5, 5.41) is 9.32. The summed E-state index contributed by atoms with van der Waals surface area (Å²) in [6.45, 7) is -0.277. The number of hydrogen-bond acceptors (Lipinski definition) is 5.